The van der Waals surface area contributed by atoms with Gasteiger partial charge in [0.05, 0.1) is 12.7 Å². The van der Waals surface area contributed by atoms with E-state index >= 15 is 0 Å². The Bertz CT molecular complexity index is 1480. The normalized spacial score (nSPS) is 11.3. The largest absolute Gasteiger partial charge is 0.497 e. The van der Waals surface area contributed by atoms with E-state index in [1.165, 1.54) is 10.9 Å². The molecule has 0 atom stereocenters. The zero-order valence-corrected chi connectivity index (χ0v) is 18.1. The average Bonchev–Trinajstić information content (AvgIpc) is 3.39. The van der Waals surface area contributed by atoms with E-state index in [0.29, 0.717) is 0 Å². The van der Waals surface area contributed by atoms with Crippen LogP contribution in [0.15, 0.2) is 48.5 Å². The minimum absolute atomic E-state index is 0.728. The molecule has 0 amide bonds. The van der Waals surface area contributed by atoms with Crippen molar-refractivity contribution >= 4 is 33.1 Å². The number of thiophene rings is 1. The van der Waals surface area contributed by atoms with Crippen molar-refractivity contribution in [2.45, 2.75) is 20.8 Å². The fourth-order valence-corrected chi connectivity index (χ4v) is 5.36. The summed E-state index contributed by atoms with van der Waals surface area (Å²) in [6.45, 7) is 6.27. The molecule has 0 aliphatic heterocycles. The first-order valence-electron chi connectivity index (χ1n) is 9.80. The van der Waals surface area contributed by atoms with Crippen LogP contribution in [0.3, 0.4) is 0 Å². The van der Waals surface area contributed by atoms with Crippen LogP contribution in [0.5, 0.6) is 5.75 Å². The van der Waals surface area contributed by atoms with Crippen molar-refractivity contribution < 1.29 is 4.74 Å². The molecule has 0 fully saturated rings. The Morgan fingerprint density at radius 1 is 0.967 bits per heavy atom. The number of methoxy groups -OCH3 is 1. The quantitative estimate of drug-likeness (QED) is 0.361. The monoisotopic (exact) mass is 411 g/mol. The molecule has 3 aromatic heterocycles. The van der Waals surface area contributed by atoms with E-state index in [2.05, 4.69) is 65.9 Å². The Morgan fingerprint density at radius 3 is 2.57 bits per heavy atom. The van der Waals surface area contributed by atoms with Gasteiger partial charge >= 0.3 is 0 Å². The predicted octanol–water partition coefficient (Wildman–Crippen LogP) is 6.65. The summed E-state index contributed by atoms with van der Waals surface area (Å²) in [5, 5.41) is 12.9. The first-order chi connectivity index (χ1) is 14.5. The van der Waals surface area contributed by atoms with Crippen molar-refractivity contribution in [3.05, 3.63) is 70.4 Å². The molecular formula is C25H21N3OS. The molecular weight excluding hydrogens is 390 g/mol. The number of nitrogens with zero attached hydrogens (tertiary/aromatic N) is 2. The van der Waals surface area contributed by atoms with Crippen LogP contribution in [-0.4, -0.2) is 16.7 Å². The SMILES string of the molecule is COc1ccc2[nH]c3cc(-c4cc(C)n(-c5sc(C)cc5C#N)c4C)ccc3c2c1. The van der Waals surface area contributed by atoms with E-state index < -0.39 is 0 Å². The number of nitriles is 1. The van der Waals surface area contributed by atoms with Crippen LogP contribution in [0.1, 0.15) is 21.8 Å². The molecule has 5 heteroatoms. The number of aromatic amines is 1. The summed E-state index contributed by atoms with van der Waals surface area (Å²) in [6, 6.07) is 19.2. The van der Waals surface area contributed by atoms with E-state index in [1.54, 1.807) is 18.4 Å². The molecule has 148 valence electrons. The third kappa shape index (κ3) is 2.72. The van der Waals surface area contributed by atoms with Gasteiger partial charge in [0.1, 0.15) is 16.8 Å². The summed E-state index contributed by atoms with van der Waals surface area (Å²) in [5.41, 5.74) is 7.54. The van der Waals surface area contributed by atoms with Gasteiger partial charge in [0.25, 0.3) is 0 Å². The second-order valence-electron chi connectivity index (χ2n) is 7.60. The minimum Gasteiger partial charge on any atom is -0.497 e. The lowest BCUT2D eigenvalue weighted by Crippen LogP contribution is -1.98. The third-order valence-corrected chi connectivity index (χ3v) is 6.74. The Labute approximate surface area is 179 Å². The van der Waals surface area contributed by atoms with Gasteiger partial charge in [-0.2, -0.15) is 5.26 Å². The van der Waals surface area contributed by atoms with Gasteiger partial charge in [0, 0.05) is 43.6 Å². The van der Waals surface area contributed by atoms with Crippen LogP contribution in [-0.2, 0) is 0 Å². The van der Waals surface area contributed by atoms with Crippen LogP contribution in [0, 0.1) is 32.1 Å². The molecule has 5 rings (SSSR count). The molecule has 0 bridgehead atoms. The third-order valence-electron chi connectivity index (χ3n) is 5.71. The van der Waals surface area contributed by atoms with Crippen molar-refractivity contribution in [3.8, 4) is 27.9 Å². The van der Waals surface area contributed by atoms with E-state index in [0.717, 1.165) is 54.6 Å². The maximum absolute atomic E-state index is 9.55. The van der Waals surface area contributed by atoms with Crippen molar-refractivity contribution in [2.75, 3.05) is 7.11 Å². The number of aromatic nitrogens is 2. The Kier molecular flexibility index (Phi) is 4.19. The standard InChI is InChI=1S/C25H21N3OS/c1-14-9-21(16(3)28(14)25-18(13-26)10-15(2)30-25)17-5-7-20-22-12-19(29-4)6-8-23(22)27-24(20)11-17/h5-12,27H,1-4H3. The second-order valence-corrected chi connectivity index (χ2v) is 8.84. The first kappa shape index (κ1) is 18.5. The number of fused-ring (bicyclic) bond motifs is 3. The van der Waals surface area contributed by atoms with E-state index in [9.17, 15) is 5.26 Å². The van der Waals surface area contributed by atoms with Crippen LogP contribution in [0.2, 0.25) is 0 Å². The van der Waals surface area contributed by atoms with Gasteiger partial charge in [-0.3, -0.25) is 0 Å². The average molecular weight is 412 g/mol. The number of ether oxygens (including phenoxy) is 1. The summed E-state index contributed by atoms with van der Waals surface area (Å²) in [6.07, 6.45) is 0. The summed E-state index contributed by atoms with van der Waals surface area (Å²) in [7, 11) is 1.69. The maximum Gasteiger partial charge on any atom is 0.119 e. The molecule has 2 aromatic carbocycles. The fourth-order valence-electron chi connectivity index (χ4n) is 4.29. The molecule has 0 unspecified atom stereocenters. The molecule has 0 aliphatic rings. The van der Waals surface area contributed by atoms with E-state index in [1.807, 2.05) is 19.1 Å². The molecule has 0 radical (unpaired) electrons. The highest BCUT2D eigenvalue weighted by atomic mass is 32.1. The lowest BCUT2D eigenvalue weighted by Gasteiger charge is -2.08. The zero-order chi connectivity index (χ0) is 21.0. The molecule has 3 heterocycles. The predicted molar refractivity (Wildman–Crippen MR) is 124 cm³/mol. The number of benzene rings is 2. The van der Waals surface area contributed by atoms with Crippen molar-refractivity contribution in [2.24, 2.45) is 0 Å². The maximum atomic E-state index is 9.55. The number of hydrogen-bond acceptors (Lipinski definition) is 3. The summed E-state index contributed by atoms with van der Waals surface area (Å²) < 4.78 is 7.59. The number of nitrogens with one attached hydrogen (secondary N) is 1. The first-order valence-corrected chi connectivity index (χ1v) is 10.6. The van der Waals surface area contributed by atoms with Crippen LogP contribution in [0.25, 0.3) is 37.9 Å². The van der Waals surface area contributed by atoms with Crippen LogP contribution in [0.4, 0.5) is 0 Å². The van der Waals surface area contributed by atoms with Crippen molar-refractivity contribution in [1.82, 2.24) is 9.55 Å². The number of H-pyrrole nitrogens is 1. The smallest absolute Gasteiger partial charge is 0.119 e. The molecule has 0 saturated heterocycles. The molecule has 5 aromatic rings. The Hall–Kier alpha value is -3.49. The van der Waals surface area contributed by atoms with Gasteiger partial charge in [-0.1, -0.05) is 12.1 Å². The van der Waals surface area contributed by atoms with Crippen molar-refractivity contribution in [1.29, 1.82) is 5.26 Å². The summed E-state index contributed by atoms with van der Waals surface area (Å²) in [5.74, 6) is 0.857. The van der Waals surface area contributed by atoms with Gasteiger partial charge in [0.2, 0.25) is 0 Å². The molecule has 1 N–H and O–H groups in total. The number of rotatable bonds is 3. The van der Waals surface area contributed by atoms with Gasteiger partial charge in [-0.15, -0.1) is 11.3 Å². The molecule has 0 aliphatic carbocycles. The highest BCUT2D eigenvalue weighted by Crippen LogP contribution is 2.36. The van der Waals surface area contributed by atoms with E-state index in [4.69, 9.17) is 4.74 Å². The lowest BCUT2D eigenvalue weighted by atomic mass is 10.0. The molecule has 0 spiro atoms. The van der Waals surface area contributed by atoms with Gasteiger partial charge in [-0.25, -0.2) is 0 Å². The van der Waals surface area contributed by atoms with Crippen LogP contribution >= 0.6 is 11.3 Å². The number of aryl methyl sites for hydroxylation is 2. The van der Waals surface area contributed by atoms with Gasteiger partial charge < -0.3 is 14.3 Å². The second kappa shape index (κ2) is 6.79. The molecule has 4 nitrogen and oxygen atoms in total. The Balaban J connectivity index is 1.67. The molecule has 30 heavy (non-hydrogen) atoms. The van der Waals surface area contributed by atoms with Gasteiger partial charge in [0.15, 0.2) is 0 Å². The van der Waals surface area contributed by atoms with Crippen LogP contribution < -0.4 is 4.74 Å². The number of hydrogen-bond donors (Lipinski definition) is 1. The minimum atomic E-state index is 0.728. The van der Waals surface area contributed by atoms with Gasteiger partial charge in [-0.05, 0) is 62.7 Å². The van der Waals surface area contributed by atoms with E-state index in [-0.39, 0.29) is 0 Å². The Morgan fingerprint density at radius 2 is 1.80 bits per heavy atom. The summed E-state index contributed by atoms with van der Waals surface area (Å²) in [4.78, 5) is 4.67. The fraction of sp³-hybridized carbons (Fsp3) is 0.160. The zero-order valence-electron chi connectivity index (χ0n) is 17.3. The van der Waals surface area contributed by atoms with Crippen molar-refractivity contribution in [3.63, 3.8) is 0 Å². The highest BCUT2D eigenvalue weighted by Gasteiger charge is 2.17. The lowest BCUT2D eigenvalue weighted by molar-refractivity contribution is 0.415. The summed E-state index contributed by atoms with van der Waals surface area (Å²) >= 11 is 1.66. The highest BCUT2D eigenvalue weighted by molar-refractivity contribution is 7.14. The topological polar surface area (TPSA) is 53.7 Å². The molecule has 0 saturated carbocycles.